The van der Waals surface area contributed by atoms with Crippen molar-refractivity contribution in [3.8, 4) is 5.88 Å². The molecule has 158 valence electrons. The third-order valence-electron chi connectivity index (χ3n) is 4.37. The van der Waals surface area contributed by atoms with Crippen LogP contribution in [0.4, 0.5) is 0 Å². The molecule has 0 aromatic carbocycles. The van der Waals surface area contributed by atoms with Crippen molar-refractivity contribution in [1.82, 2.24) is 15.6 Å². The summed E-state index contributed by atoms with van der Waals surface area (Å²) >= 11 is 0. The standard InChI is InChI=1S/C21H36N4O3/c1-4-22-21(23-10-5-11-27-16-18-8-12-26-13-9-18)25-15-19-6-7-20(24-14-19)28-17(2)3/h6-7,14,17-18H,4-5,8-13,15-16H2,1-3H3,(H2,22,23,25). The average molecular weight is 393 g/mol. The van der Waals surface area contributed by atoms with E-state index in [1.165, 1.54) is 0 Å². The molecule has 1 aromatic heterocycles. The lowest BCUT2D eigenvalue weighted by Gasteiger charge is -2.21. The molecule has 1 aliphatic rings. The molecule has 2 heterocycles. The van der Waals surface area contributed by atoms with Crippen molar-refractivity contribution in [3.63, 3.8) is 0 Å². The van der Waals surface area contributed by atoms with E-state index < -0.39 is 0 Å². The van der Waals surface area contributed by atoms with E-state index >= 15 is 0 Å². The highest BCUT2D eigenvalue weighted by molar-refractivity contribution is 5.79. The summed E-state index contributed by atoms with van der Waals surface area (Å²) < 4.78 is 16.7. The zero-order valence-electron chi connectivity index (χ0n) is 17.6. The van der Waals surface area contributed by atoms with Gasteiger partial charge in [0, 0.05) is 51.8 Å². The van der Waals surface area contributed by atoms with Crippen LogP contribution in [0.1, 0.15) is 45.6 Å². The summed E-state index contributed by atoms with van der Waals surface area (Å²) in [7, 11) is 0. The molecule has 28 heavy (non-hydrogen) atoms. The van der Waals surface area contributed by atoms with Crippen molar-refractivity contribution in [2.75, 3.05) is 39.5 Å². The highest BCUT2D eigenvalue weighted by Crippen LogP contribution is 2.14. The van der Waals surface area contributed by atoms with Crippen LogP contribution in [0.5, 0.6) is 5.88 Å². The predicted molar refractivity (Wildman–Crippen MR) is 112 cm³/mol. The first-order valence-corrected chi connectivity index (χ1v) is 10.5. The number of hydrogen-bond donors (Lipinski definition) is 2. The first-order chi connectivity index (χ1) is 13.7. The summed E-state index contributed by atoms with van der Waals surface area (Å²) in [5.41, 5.74) is 1.05. The molecule has 0 unspecified atom stereocenters. The van der Waals surface area contributed by atoms with E-state index in [1.54, 1.807) is 0 Å². The molecule has 0 spiro atoms. The normalized spacial score (nSPS) is 15.6. The minimum Gasteiger partial charge on any atom is -0.475 e. The number of hydrogen-bond acceptors (Lipinski definition) is 5. The summed E-state index contributed by atoms with van der Waals surface area (Å²) in [6.45, 7) is 11.6. The van der Waals surface area contributed by atoms with Crippen LogP contribution in [-0.2, 0) is 16.0 Å². The van der Waals surface area contributed by atoms with E-state index in [4.69, 9.17) is 14.2 Å². The Bertz CT molecular complexity index is 557. The van der Waals surface area contributed by atoms with Crippen molar-refractivity contribution < 1.29 is 14.2 Å². The summed E-state index contributed by atoms with van der Waals surface area (Å²) in [4.78, 5) is 8.94. The third kappa shape index (κ3) is 9.37. The molecule has 2 rings (SSSR count). The monoisotopic (exact) mass is 392 g/mol. The van der Waals surface area contributed by atoms with E-state index in [0.29, 0.717) is 18.3 Å². The molecule has 0 saturated carbocycles. The molecule has 0 aliphatic carbocycles. The van der Waals surface area contributed by atoms with E-state index in [-0.39, 0.29) is 6.10 Å². The first kappa shape index (κ1) is 22.4. The van der Waals surface area contributed by atoms with Gasteiger partial charge in [-0.25, -0.2) is 9.98 Å². The Morgan fingerprint density at radius 3 is 2.79 bits per heavy atom. The summed E-state index contributed by atoms with van der Waals surface area (Å²) in [6, 6.07) is 3.89. The molecular formula is C21H36N4O3. The fraction of sp³-hybridized carbons (Fsp3) is 0.714. The minimum atomic E-state index is 0.126. The van der Waals surface area contributed by atoms with Crippen LogP contribution in [-0.4, -0.2) is 56.6 Å². The lowest BCUT2D eigenvalue weighted by molar-refractivity contribution is 0.0203. The number of rotatable bonds is 11. The molecule has 7 heteroatoms. The lowest BCUT2D eigenvalue weighted by Crippen LogP contribution is -2.38. The molecule has 0 atom stereocenters. The average Bonchev–Trinajstić information content (AvgIpc) is 2.70. The van der Waals surface area contributed by atoms with E-state index in [2.05, 4.69) is 27.5 Å². The van der Waals surface area contributed by atoms with Crippen LogP contribution < -0.4 is 15.4 Å². The Labute approximate surface area is 169 Å². The van der Waals surface area contributed by atoms with E-state index in [1.807, 2.05) is 32.2 Å². The second-order valence-electron chi connectivity index (χ2n) is 7.28. The first-order valence-electron chi connectivity index (χ1n) is 10.5. The van der Waals surface area contributed by atoms with Crippen LogP contribution in [0.15, 0.2) is 23.3 Å². The number of ether oxygens (including phenoxy) is 3. The van der Waals surface area contributed by atoms with Gasteiger partial charge in [-0.3, -0.25) is 0 Å². The topological polar surface area (TPSA) is 77.0 Å². The largest absolute Gasteiger partial charge is 0.475 e. The van der Waals surface area contributed by atoms with E-state index in [0.717, 1.165) is 70.3 Å². The SMILES string of the molecule is CCNC(=NCc1ccc(OC(C)C)nc1)NCCCOCC1CCOCC1. The van der Waals surface area contributed by atoms with Gasteiger partial charge in [0.1, 0.15) is 0 Å². The van der Waals surface area contributed by atoms with Gasteiger partial charge in [0.25, 0.3) is 0 Å². The Kier molecular flexibility index (Phi) is 10.7. The lowest BCUT2D eigenvalue weighted by atomic mass is 10.0. The van der Waals surface area contributed by atoms with Gasteiger partial charge in [-0.05, 0) is 51.5 Å². The maximum atomic E-state index is 5.81. The molecular weight excluding hydrogens is 356 g/mol. The number of guanidine groups is 1. The van der Waals surface area contributed by atoms with Gasteiger partial charge < -0.3 is 24.8 Å². The molecule has 0 bridgehead atoms. The smallest absolute Gasteiger partial charge is 0.213 e. The van der Waals surface area contributed by atoms with Crippen molar-refractivity contribution in [3.05, 3.63) is 23.9 Å². The zero-order chi connectivity index (χ0) is 20.0. The Balaban J connectivity index is 1.65. The Hall–Kier alpha value is -1.86. The number of nitrogens with zero attached hydrogens (tertiary/aromatic N) is 2. The quantitative estimate of drug-likeness (QED) is 0.343. The predicted octanol–water partition coefficient (Wildman–Crippen LogP) is 2.76. The maximum absolute atomic E-state index is 5.81. The summed E-state index contributed by atoms with van der Waals surface area (Å²) in [5.74, 6) is 2.12. The second-order valence-corrected chi connectivity index (χ2v) is 7.28. The third-order valence-corrected chi connectivity index (χ3v) is 4.37. The van der Waals surface area contributed by atoms with Gasteiger partial charge in [-0.2, -0.15) is 0 Å². The fourth-order valence-corrected chi connectivity index (χ4v) is 2.87. The Morgan fingerprint density at radius 2 is 2.11 bits per heavy atom. The van der Waals surface area contributed by atoms with Crippen LogP contribution in [0.3, 0.4) is 0 Å². The molecule has 0 amide bonds. The molecule has 1 aromatic rings. The van der Waals surface area contributed by atoms with Crippen molar-refractivity contribution in [1.29, 1.82) is 0 Å². The zero-order valence-corrected chi connectivity index (χ0v) is 17.6. The highest BCUT2D eigenvalue weighted by atomic mass is 16.5. The number of aromatic nitrogens is 1. The molecule has 7 nitrogen and oxygen atoms in total. The summed E-state index contributed by atoms with van der Waals surface area (Å²) in [6.07, 6.45) is 5.14. The van der Waals surface area contributed by atoms with Crippen LogP contribution >= 0.6 is 0 Å². The molecule has 0 radical (unpaired) electrons. The molecule has 2 N–H and O–H groups in total. The Morgan fingerprint density at radius 1 is 1.29 bits per heavy atom. The van der Waals surface area contributed by atoms with E-state index in [9.17, 15) is 0 Å². The van der Waals surface area contributed by atoms with Crippen molar-refractivity contribution in [2.45, 2.75) is 52.7 Å². The molecule has 1 aliphatic heterocycles. The molecule has 1 saturated heterocycles. The summed E-state index contributed by atoms with van der Waals surface area (Å²) in [5, 5.41) is 6.63. The van der Waals surface area contributed by atoms with Crippen LogP contribution in [0, 0.1) is 5.92 Å². The van der Waals surface area contributed by atoms with Crippen molar-refractivity contribution >= 4 is 5.96 Å². The van der Waals surface area contributed by atoms with Gasteiger partial charge in [-0.1, -0.05) is 6.07 Å². The van der Waals surface area contributed by atoms with Gasteiger partial charge in [0.05, 0.1) is 12.6 Å². The van der Waals surface area contributed by atoms with Gasteiger partial charge in [0.15, 0.2) is 5.96 Å². The number of aliphatic imine (C=N–C) groups is 1. The van der Waals surface area contributed by atoms with Crippen LogP contribution in [0.25, 0.3) is 0 Å². The number of pyridine rings is 1. The van der Waals surface area contributed by atoms with Crippen LogP contribution in [0.2, 0.25) is 0 Å². The minimum absolute atomic E-state index is 0.126. The van der Waals surface area contributed by atoms with Gasteiger partial charge in [-0.15, -0.1) is 0 Å². The second kappa shape index (κ2) is 13.3. The van der Waals surface area contributed by atoms with Crippen molar-refractivity contribution in [2.24, 2.45) is 10.9 Å². The van der Waals surface area contributed by atoms with Gasteiger partial charge in [0.2, 0.25) is 5.88 Å². The molecule has 1 fully saturated rings. The van der Waals surface area contributed by atoms with Gasteiger partial charge >= 0.3 is 0 Å². The fourth-order valence-electron chi connectivity index (χ4n) is 2.87. The number of nitrogens with one attached hydrogen (secondary N) is 2. The maximum Gasteiger partial charge on any atom is 0.213 e. The highest BCUT2D eigenvalue weighted by Gasteiger charge is 2.13.